The fourth-order valence-electron chi connectivity index (χ4n) is 3.52. The van der Waals surface area contributed by atoms with Crippen molar-refractivity contribution >= 4 is 36.5 Å². The van der Waals surface area contributed by atoms with Crippen LogP contribution in [0.15, 0.2) is 59.6 Å². The molecule has 26 heavy (non-hydrogen) atoms. The van der Waals surface area contributed by atoms with Crippen molar-refractivity contribution in [2.45, 2.75) is 5.92 Å². The minimum Gasteiger partial charge on any atom is -0.355 e. The van der Waals surface area contributed by atoms with E-state index in [1.165, 1.54) is 11.1 Å². The lowest BCUT2D eigenvalue weighted by Crippen LogP contribution is -2.51. The van der Waals surface area contributed by atoms with Gasteiger partial charge in [-0.1, -0.05) is 48.5 Å². The van der Waals surface area contributed by atoms with E-state index in [1.807, 2.05) is 0 Å². The molecule has 2 aromatic carbocycles. The molecule has 0 spiro atoms. The molecule has 0 saturated carbocycles. The molecule has 0 radical (unpaired) electrons. The first-order chi connectivity index (χ1) is 11.8. The monoisotopic (exact) mass is 392 g/mol. The van der Waals surface area contributed by atoms with Crippen LogP contribution in [0.3, 0.4) is 0 Å². The topological polar surface area (TPSA) is 30.9 Å². The fraction of sp³-hybridized carbons (Fsp3) is 0.350. The molecule has 2 heterocycles. The van der Waals surface area contributed by atoms with Crippen LogP contribution in [0, 0.1) is 0 Å². The number of fused-ring (bicyclic) bond motifs is 1. The van der Waals surface area contributed by atoms with Gasteiger partial charge in [0, 0.05) is 38.6 Å². The van der Waals surface area contributed by atoms with E-state index in [1.54, 1.807) is 0 Å². The Bertz CT molecular complexity index is 728. The first-order valence-electron chi connectivity index (χ1n) is 8.71. The molecule has 4 rings (SSSR count). The van der Waals surface area contributed by atoms with Gasteiger partial charge in [-0.05, 0) is 24.2 Å². The lowest BCUT2D eigenvalue weighted by Gasteiger charge is -2.34. The number of aliphatic imine (C=N–C) groups is 1. The summed E-state index contributed by atoms with van der Waals surface area (Å²) in [7, 11) is 2.18. The molecule has 6 heteroatoms. The van der Waals surface area contributed by atoms with Gasteiger partial charge in [-0.2, -0.15) is 0 Å². The second-order valence-corrected chi connectivity index (χ2v) is 6.63. The lowest BCUT2D eigenvalue weighted by atomic mass is 9.90. The number of piperazine rings is 1. The molecular formula is C20H26Cl2N4. The van der Waals surface area contributed by atoms with E-state index in [4.69, 9.17) is 4.99 Å². The number of nitrogens with zero attached hydrogens (tertiary/aromatic N) is 3. The van der Waals surface area contributed by atoms with E-state index in [0.717, 1.165) is 44.4 Å². The SMILES string of the molecule is CN1CCN(C2=Nc3ccccc3C(c3ccccc3)CN2)CC1.Cl.Cl. The quantitative estimate of drug-likeness (QED) is 0.805. The average molecular weight is 393 g/mol. The fourth-order valence-corrected chi connectivity index (χ4v) is 3.52. The summed E-state index contributed by atoms with van der Waals surface area (Å²) in [6.07, 6.45) is 0. The van der Waals surface area contributed by atoms with Crippen LogP contribution in [-0.2, 0) is 0 Å². The summed E-state index contributed by atoms with van der Waals surface area (Å²) < 4.78 is 0. The van der Waals surface area contributed by atoms with Gasteiger partial charge in [-0.25, -0.2) is 4.99 Å². The third-order valence-electron chi connectivity index (χ3n) is 5.01. The number of guanidine groups is 1. The van der Waals surface area contributed by atoms with Crippen molar-refractivity contribution in [2.75, 3.05) is 39.8 Å². The van der Waals surface area contributed by atoms with Crippen LogP contribution in [0.1, 0.15) is 17.0 Å². The maximum atomic E-state index is 4.98. The minimum absolute atomic E-state index is 0. The van der Waals surface area contributed by atoms with Gasteiger partial charge in [0.15, 0.2) is 5.96 Å². The summed E-state index contributed by atoms with van der Waals surface area (Å²) >= 11 is 0. The number of hydrogen-bond donors (Lipinski definition) is 1. The molecule has 1 atom stereocenters. The highest BCUT2D eigenvalue weighted by atomic mass is 35.5. The van der Waals surface area contributed by atoms with Crippen LogP contribution in [0.4, 0.5) is 5.69 Å². The van der Waals surface area contributed by atoms with Gasteiger partial charge in [0.1, 0.15) is 0 Å². The Balaban J connectivity index is 0.00000121. The number of nitrogens with one attached hydrogen (secondary N) is 1. The average Bonchev–Trinajstić information content (AvgIpc) is 2.83. The highest BCUT2D eigenvalue weighted by Gasteiger charge is 2.24. The zero-order chi connectivity index (χ0) is 16.4. The molecular weight excluding hydrogens is 367 g/mol. The molecule has 4 nitrogen and oxygen atoms in total. The predicted octanol–water partition coefficient (Wildman–Crippen LogP) is 3.50. The van der Waals surface area contributed by atoms with Crippen molar-refractivity contribution in [1.82, 2.24) is 15.1 Å². The van der Waals surface area contributed by atoms with Gasteiger partial charge in [0.25, 0.3) is 0 Å². The molecule has 1 fully saturated rings. The second kappa shape index (κ2) is 9.26. The number of halogens is 2. The Hall–Kier alpha value is -1.75. The summed E-state index contributed by atoms with van der Waals surface area (Å²) in [6.45, 7) is 5.11. The van der Waals surface area contributed by atoms with Crippen molar-refractivity contribution < 1.29 is 0 Å². The third kappa shape index (κ3) is 4.32. The summed E-state index contributed by atoms with van der Waals surface area (Å²) in [6, 6.07) is 19.3. The zero-order valence-corrected chi connectivity index (χ0v) is 16.6. The van der Waals surface area contributed by atoms with Crippen LogP contribution in [0.2, 0.25) is 0 Å². The molecule has 0 aromatic heterocycles. The van der Waals surface area contributed by atoms with E-state index < -0.39 is 0 Å². The maximum absolute atomic E-state index is 4.98. The Kier molecular flexibility index (Phi) is 7.33. The van der Waals surface area contributed by atoms with E-state index in [9.17, 15) is 0 Å². The number of benzene rings is 2. The smallest absolute Gasteiger partial charge is 0.199 e. The van der Waals surface area contributed by atoms with E-state index in [2.05, 4.69) is 76.8 Å². The lowest BCUT2D eigenvalue weighted by molar-refractivity contribution is 0.211. The number of hydrogen-bond acceptors (Lipinski definition) is 4. The Morgan fingerprint density at radius 3 is 2.27 bits per heavy atom. The molecule has 2 aliphatic heterocycles. The van der Waals surface area contributed by atoms with Crippen molar-refractivity contribution in [3.05, 3.63) is 65.7 Å². The van der Waals surface area contributed by atoms with Gasteiger partial charge in [0.2, 0.25) is 0 Å². The molecule has 0 amide bonds. The van der Waals surface area contributed by atoms with Crippen LogP contribution >= 0.6 is 24.8 Å². The summed E-state index contributed by atoms with van der Waals surface area (Å²) in [5.74, 6) is 1.35. The van der Waals surface area contributed by atoms with Gasteiger partial charge >= 0.3 is 0 Å². The highest BCUT2D eigenvalue weighted by Crippen LogP contribution is 2.33. The van der Waals surface area contributed by atoms with Crippen LogP contribution in [-0.4, -0.2) is 55.5 Å². The molecule has 2 aliphatic rings. The first kappa shape index (κ1) is 20.6. The van der Waals surface area contributed by atoms with Gasteiger partial charge in [-0.3, -0.25) is 0 Å². The van der Waals surface area contributed by atoms with Crippen molar-refractivity contribution in [3.63, 3.8) is 0 Å². The predicted molar refractivity (Wildman–Crippen MR) is 113 cm³/mol. The van der Waals surface area contributed by atoms with Crippen LogP contribution in [0.25, 0.3) is 0 Å². The van der Waals surface area contributed by atoms with Crippen LogP contribution in [0.5, 0.6) is 0 Å². The number of para-hydroxylation sites is 1. The molecule has 0 bridgehead atoms. The van der Waals surface area contributed by atoms with Crippen LogP contribution < -0.4 is 5.32 Å². The summed E-state index contributed by atoms with van der Waals surface area (Å²) in [5.41, 5.74) is 3.73. The van der Waals surface area contributed by atoms with E-state index >= 15 is 0 Å². The molecule has 1 saturated heterocycles. The Morgan fingerprint density at radius 2 is 1.54 bits per heavy atom. The first-order valence-corrected chi connectivity index (χ1v) is 8.71. The molecule has 140 valence electrons. The van der Waals surface area contributed by atoms with Gasteiger partial charge in [-0.15, -0.1) is 24.8 Å². The van der Waals surface area contributed by atoms with Gasteiger partial charge < -0.3 is 15.1 Å². The van der Waals surface area contributed by atoms with E-state index in [0.29, 0.717) is 5.92 Å². The zero-order valence-electron chi connectivity index (χ0n) is 15.0. The largest absolute Gasteiger partial charge is 0.355 e. The highest BCUT2D eigenvalue weighted by molar-refractivity contribution is 5.86. The van der Waals surface area contributed by atoms with Crippen molar-refractivity contribution in [1.29, 1.82) is 0 Å². The molecule has 1 N–H and O–H groups in total. The summed E-state index contributed by atoms with van der Waals surface area (Å²) in [4.78, 5) is 9.73. The third-order valence-corrected chi connectivity index (χ3v) is 5.01. The van der Waals surface area contributed by atoms with Gasteiger partial charge in [0.05, 0.1) is 5.69 Å². The minimum atomic E-state index is 0. The number of likely N-dealkylation sites (N-methyl/N-ethyl adjacent to an activating group) is 1. The molecule has 0 aliphatic carbocycles. The Morgan fingerprint density at radius 1 is 0.885 bits per heavy atom. The normalized spacial score (nSPS) is 19.8. The van der Waals surface area contributed by atoms with E-state index in [-0.39, 0.29) is 24.8 Å². The summed E-state index contributed by atoms with van der Waals surface area (Å²) in [5, 5.41) is 3.62. The maximum Gasteiger partial charge on any atom is 0.199 e. The Labute approximate surface area is 168 Å². The van der Waals surface area contributed by atoms with Crippen molar-refractivity contribution in [3.8, 4) is 0 Å². The van der Waals surface area contributed by atoms with Crippen molar-refractivity contribution in [2.24, 2.45) is 4.99 Å². The second-order valence-electron chi connectivity index (χ2n) is 6.63. The molecule has 2 aromatic rings. The molecule has 1 unspecified atom stereocenters. The standard InChI is InChI=1S/C20H24N4.2ClH/c1-23-11-13-24(14-12-23)20-21-15-18(16-7-3-2-4-8-16)17-9-5-6-10-19(17)22-20;;/h2-10,18H,11-15H2,1H3,(H,21,22);2*1H. The number of rotatable bonds is 1.